The average molecular weight is 480 g/mol. The third kappa shape index (κ3) is 8.44. The van der Waals surface area contributed by atoms with Gasteiger partial charge in [-0.3, -0.25) is 19.7 Å². The molecule has 9 heteroatoms. The fourth-order valence-electron chi connectivity index (χ4n) is 2.81. The number of esters is 3. The highest BCUT2D eigenvalue weighted by Gasteiger charge is 2.44. The third-order valence-corrected chi connectivity index (χ3v) is 5.00. The van der Waals surface area contributed by atoms with Crippen LogP contribution < -0.4 is 14.8 Å². The minimum atomic E-state index is -2.03. The molecule has 0 aliphatic carbocycles. The van der Waals surface area contributed by atoms with Gasteiger partial charge in [-0.15, -0.1) is 0 Å². The number of carboxylic acids is 1. The first-order valence-corrected chi connectivity index (χ1v) is 11.6. The minimum absolute atomic E-state index is 0.0205. The standard InChI is InChI=1S/C25H37NO8/c1-8-10-21(27)34-25(24(30)31,26-17(7)9-2)14-18-11-12-19(32-22(28)15(3)4)20(13-18)33-23(29)16(5)6/h11-13,15-17,26H,8-10,14H2,1-7H3,(H,30,31)/t17?,25-/m0/s1. The normalized spacial score (nSPS) is 13.8. The third-order valence-electron chi connectivity index (χ3n) is 5.00. The Balaban J connectivity index is 3.46. The molecule has 2 atom stereocenters. The van der Waals surface area contributed by atoms with Gasteiger partial charge in [-0.1, -0.05) is 47.6 Å². The predicted molar refractivity (Wildman–Crippen MR) is 125 cm³/mol. The van der Waals surface area contributed by atoms with Gasteiger partial charge in [-0.2, -0.15) is 0 Å². The van der Waals surface area contributed by atoms with E-state index in [1.165, 1.54) is 12.1 Å². The second kappa shape index (κ2) is 13.1. The van der Waals surface area contributed by atoms with Gasteiger partial charge in [0.05, 0.1) is 11.8 Å². The molecule has 0 bridgehead atoms. The van der Waals surface area contributed by atoms with Crippen LogP contribution in [0.5, 0.6) is 11.5 Å². The first-order valence-electron chi connectivity index (χ1n) is 11.6. The maximum atomic E-state index is 12.4. The zero-order chi connectivity index (χ0) is 26.1. The molecule has 190 valence electrons. The van der Waals surface area contributed by atoms with Crippen molar-refractivity contribution in [3.8, 4) is 11.5 Å². The van der Waals surface area contributed by atoms with E-state index >= 15 is 0 Å². The van der Waals surface area contributed by atoms with Crippen LogP contribution in [-0.4, -0.2) is 40.8 Å². The van der Waals surface area contributed by atoms with Crippen LogP contribution in [0.3, 0.4) is 0 Å². The molecule has 0 aliphatic rings. The van der Waals surface area contributed by atoms with Crippen molar-refractivity contribution >= 4 is 23.9 Å². The summed E-state index contributed by atoms with van der Waals surface area (Å²) in [5, 5.41) is 13.0. The maximum Gasteiger partial charge on any atom is 0.364 e. The van der Waals surface area contributed by atoms with E-state index in [4.69, 9.17) is 14.2 Å². The van der Waals surface area contributed by atoms with Crippen LogP contribution in [0.2, 0.25) is 0 Å². The Morgan fingerprint density at radius 1 is 0.941 bits per heavy atom. The molecule has 0 heterocycles. The van der Waals surface area contributed by atoms with Crippen LogP contribution in [0.25, 0.3) is 0 Å². The summed E-state index contributed by atoms with van der Waals surface area (Å²) in [5.41, 5.74) is -1.63. The van der Waals surface area contributed by atoms with Gasteiger partial charge >= 0.3 is 23.9 Å². The molecule has 1 rings (SSSR count). The van der Waals surface area contributed by atoms with Crippen molar-refractivity contribution in [1.82, 2.24) is 5.32 Å². The lowest BCUT2D eigenvalue weighted by atomic mass is 10.00. The summed E-state index contributed by atoms with van der Waals surface area (Å²) in [6, 6.07) is 4.13. The van der Waals surface area contributed by atoms with Gasteiger partial charge in [0.25, 0.3) is 5.72 Å². The van der Waals surface area contributed by atoms with Crippen molar-refractivity contribution in [3.63, 3.8) is 0 Å². The summed E-state index contributed by atoms with van der Waals surface area (Å²) in [6.45, 7) is 12.1. The highest BCUT2D eigenvalue weighted by atomic mass is 16.6. The molecule has 9 nitrogen and oxygen atoms in total. The topological polar surface area (TPSA) is 128 Å². The second-order valence-electron chi connectivity index (χ2n) is 8.92. The summed E-state index contributed by atoms with van der Waals surface area (Å²) in [7, 11) is 0. The van der Waals surface area contributed by atoms with Crippen molar-refractivity contribution in [3.05, 3.63) is 23.8 Å². The Morgan fingerprint density at radius 2 is 1.50 bits per heavy atom. The van der Waals surface area contributed by atoms with E-state index in [0.717, 1.165) is 0 Å². The fraction of sp³-hybridized carbons (Fsp3) is 0.600. The van der Waals surface area contributed by atoms with E-state index in [0.29, 0.717) is 18.4 Å². The molecule has 34 heavy (non-hydrogen) atoms. The van der Waals surface area contributed by atoms with E-state index in [9.17, 15) is 24.3 Å². The number of hydrogen-bond acceptors (Lipinski definition) is 8. The molecular weight excluding hydrogens is 442 g/mol. The van der Waals surface area contributed by atoms with E-state index < -0.39 is 41.4 Å². The predicted octanol–water partition coefficient (Wildman–Crippen LogP) is 3.86. The van der Waals surface area contributed by atoms with Gasteiger partial charge in [0, 0.05) is 18.9 Å². The Morgan fingerprint density at radius 3 is 1.97 bits per heavy atom. The van der Waals surface area contributed by atoms with E-state index in [1.807, 2.05) is 6.92 Å². The number of nitrogens with one attached hydrogen (secondary N) is 1. The molecule has 1 aromatic rings. The number of rotatable bonds is 13. The summed E-state index contributed by atoms with van der Waals surface area (Å²) < 4.78 is 16.3. The lowest BCUT2D eigenvalue weighted by Gasteiger charge is -2.33. The molecule has 0 spiro atoms. The average Bonchev–Trinajstić information content (AvgIpc) is 2.74. The van der Waals surface area contributed by atoms with Crippen LogP contribution in [0, 0.1) is 11.8 Å². The van der Waals surface area contributed by atoms with Gasteiger partial charge in [-0.05, 0) is 37.5 Å². The van der Waals surface area contributed by atoms with Crippen molar-refractivity contribution < 1.29 is 38.5 Å². The Hall–Kier alpha value is -2.94. The zero-order valence-electron chi connectivity index (χ0n) is 21.1. The smallest absolute Gasteiger partial charge is 0.364 e. The molecule has 0 saturated heterocycles. The molecular formula is C25H37NO8. The number of ether oxygens (including phenoxy) is 3. The Labute approximate surface area is 201 Å². The number of benzene rings is 1. The highest BCUT2D eigenvalue weighted by molar-refractivity contribution is 5.82. The quantitative estimate of drug-likeness (QED) is 0.246. The molecule has 0 radical (unpaired) electrons. The second-order valence-corrected chi connectivity index (χ2v) is 8.92. The molecule has 0 aromatic heterocycles. The van der Waals surface area contributed by atoms with Gasteiger partial charge in [-0.25, -0.2) is 4.79 Å². The van der Waals surface area contributed by atoms with Crippen molar-refractivity contribution in [2.75, 3.05) is 0 Å². The van der Waals surface area contributed by atoms with Crippen LogP contribution >= 0.6 is 0 Å². The van der Waals surface area contributed by atoms with Gasteiger partial charge < -0.3 is 19.3 Å². The maximum absolute atomic E-state index is 12.4. The van der Waals surface area contributed by atoms with Crippen LogP contribution in [0.4, 0.5) is 0 Å². The number of carbonyl (C=O) groups is 4. The zero-order valence-corrected chi connectivity index (χ0v) is 21.1. The van der Waals surface area contributed by atoms with Gasteiger partial charge in [0.15, 0.2) is 11.5 Å². The number of carbonyl (C=O) groups excluding carboxylic acids is 3. The Kier molecular flexibility index (Phi) is 11.2. The van der Waals surface area contributed by atoms with Gasteiger partial charge in [0.2, 0.25) is 0 Å². The van der Waals surface area contributed by atoms with Crippen LogP contribution in [0.1, 0.15) is 73.3 Å². The molecule has 0 amide bonds. The highest BCUT2D eigenvalue weighted by Crippen LogP contribution is 2.32. The van der Waals surface area contributed by atoms with E-state index in [2.05, 4.69) is 5.32 Å². The first kappa shape index (κ1) is 29.1. The van der Waals surface area contributed by atoms with Crippen LogP contribution in [0.15, 0.2) is 18.2 Å². The van der Waals surface area contributed by atoms with Gasteiger partial charge in [0.1, 0.15) is 0 Å². The molecule has 2 N–H and O–H groups in total. The molecule has 0 aliphatic heterocycles. The monoisotopic (exact) mass is 479 g/mol. The summed E-state index contributed by atoms with van der Waals surface area (Å²) in [6.07, 6.45) is 0.927. The summed E-state index contributed by atoms with van der Waals surface area (Å²) >= 11 is 0. The first-order chi connectivity index (χ1) is 15.8. The SMILES string of the molecule is CCCC(=O)O[C@](Cc1ccc(OC(=O)C(C)C)c(OC(=O)C(C)C)c1)(NC(C)CC)C(=O)O. The van der Waals surface area contributed by atoms with Crippen LogP contribution in [-0.2, 0) is 30.3 Å². The molecule has 1 aromatic carbocycles. The molecule has 1 unspecified atom stereocenters. The fourth-order valence-corrected chi connectivity index (χ4v) is 2.81. The largest absolute Gasteiger partial charge is 0.477 e. The van der Waals surface area contributed by atoms with E-state index in [1.54, 1.807) is 47.6 Å². The Bertz CT molecular complexity index is 880. The lowest BCUT2D eigenvalue weighted by molar-refractivity contribution is -0.184. The van der Waals surface area contributed by atoms with E-state index in [-0.39, 0.29) is 30.4 Å². The number of aliphatic carboxylic acids is 1. The minimum Gasteiger partial charge on any atom is -0.477 e. The summed E-state index contributed by atoms with van der Waals surface area (Å²) in [5.74, 6) is -3.90. The summed E-state index contributed by atoms with van der Waals surface area (Å²) in [4.78, 5) is 49.0. The van der Waals surface area contributed by atoms with Crippen molar-refractivity contribution in [1.29, 1.82) is 0 Å². The number of carboxylic acid groups (broad SMARTS) is 1. The van der Waals surface area contributed by atoms with Crippen molar-refractivity contribution in [2.45, 2.75) is 85.9 Å². The van der Waals surface area contributed by atoms with Crippen molar-refractivity contribution in [2.24, 2.45) is 11.8 Å². The molecule has 0 fully saturated rings. The lowest BCUT2D eigenvalue weighted by Crippen LogP contribution is -2.59. The number of hydrogen-bond donors (Lipinski definition) is 2. The molecule has 0 saturated carbocycles.